The second kappa shape index (κ2) is 9.19. The Morgan fingerprint density at radius 3 is 2.59 bits per heavy atom. The van der Waals surface area contributed by atoms with E-state index in [9.17, 15) is 9.59 Å². The van der Waals surface area contributed by atoms with Gasteiger partial charge in [-0.05, 0) is 49.2 Å². The molecule has 6 heteroatoms. The van der Waals surface area contributed by atoms with Gasteiger partial charge in [-0.2, -0.15) is 0 Å². The lowest BCUT2D eigenvalue weighted by Gasteiger charge is -2.11. The minimum atomic E-state index is -0.566. The summed E-state index contributed by atoms with van der Waals surface area (Å²) in [5.41, 5.74) is 0.734. The Kier molecular flexibility index (Phi) is 6.44. The van der Waals surface area contributed by atoms with Crippen LogP contribution in [0.15, 0.2) is 48.5 Å². The van der Waals surface area contributed by atoms with E-state index >= 15 is 0 Å². The zero-order valence-electron chi connectivity index (χ0n) is 15.2. The summed E-state index contributed by atoms with van der Waals surface area (Å²) in [4.78, 5) is 24.4. The van der Waals surface area contributed by atoms with Crippen LogP contribution in [0.2, 0.25) is 0 Å². The van der Waals surface area contributed by atoms with Crippen LogP contribution in [0, 0.1) is 0 Å². The average molecular weight is 370 g/mol. The van der Waals surface area contributed by atoms with E-state index in [1.807, 2.05) is 0 Å². The summed E-state index contributed by atoms with van der Waals surface area (Å²) in [5.74, 6) is 0.222. The van der Waals surface area contributed by atoms with Crippen molar-refractivity contribution < 1.29 is 28.5 Å². The first-order chi connectivity index (χ1) is 13.2. The fourth-order valence-electron chi connectivity index (χ4n) is 2.82. The number of hydrogen-bond acceptors (Lipinski definition) is 6. The highest BCUT2D eigenvalue weighted by atomic mass is 16.5. The normalized spacial score (nSPS) is 16.0. The molecule has 1 unspecified atom stereocenters. The number of Topliss-reactive ketones (excluding diaryl/α,β-unsaturated/α-hetero) is 1. The first kappa shape index (κ1) is 18.9. The summed E-state index contributed by atoms with van der Waals surface area (Å²) in [6.45, 7) is 0.931. The lowest BCUT2D eigenvalue weighted by atomic mass is 10.1. The lowest BCUT2D eigenvalue weighted by Crippen LogP contribution is -2.16. The molecule has 142 valence electrons. The van der Waals surface area contributed by atoms with E-state index in [4.69, 9.17) is 18.9 Å². The standard InChI is InChI=1S/C21H22O6/c1-24-20-7-3-2-6-18(20)19(22)14-27-21(23)15-8-10-16(11-9-15)26-13-17-5-4-12-25-17/h2-3,6-11,17H,4-5,12-14H2,1H3. The minimum Gasteiger partial charge on any atom is -0.496 e. The third-order valence-electron chi connectivity index (χ3n) is 4.29. The lowest BCUT2D eigenvalue weighted by molar-refractivity contribution is 0.0473. The molecule has 27 heavy (non-hydrogen) atoms. The number of ketones is 1. The van der Waals surface area contributed by atoms with Crippen molar-refractivity contribution in [3.05, 3.63) is 59.7 Å². The average Bonchev–Trinajstić information content (AvgIpc) is 3.24. The van der Waals surface area contributed by atoms with Gasteiger partial charge in [-0.1, -0.05) is 12.1 Å². The van der Waals surface area contributed by atoms with Gasteiger partial charge in [0.05, 0.1) is 24.3 Å². The molecule has 0 radical (unpaired) electrons. The monoisotopic (exact) mass is 370 g/mol. The molecule has 1 fully saturated rings. The second-order valence-corrected chi connectivity index (χ2v) is 6.17. The van der Waals surface area contributed by atoms with Gasteiger partial charge in [-0.3, -0.25) is 4.79 Å². The summed E-state index contributed by atoms with van der Waals surface area (Å²) in [6, 6.07) is 13.4. The maximum Gasteiger partial charge on any atom is 0.338 e. The van der Waals surface area contributed by atoms with Crippen molar-refractivity contribution in [3.8, 4) is 11.5 Å². The molecule has 0 spiro atoms. The highest BCUT2D eigenvalue weighted by Crippen LogP contribution is 2.19. The Bertz CT molecular complexity index is 778. The molecular formula is C21H22O6. The molecule has 1 saturated heterocycles. The van der Waals surface area contributed by atoms with Gasteiger partial charge in [0.1, 0.15) is 18.1 Å². The van der Waals surface area contributed by atoms with E-state index in [0.717, 1.165) is 19.4 Å². The highest BCUT2D eigenvalue weighted by Gasteiger charge is 2.17. The van der Waals surface area contributed by atoms with Gasteiger partial charge >= 0.3 is 5.97 Å². The third kappa shape index (κ3) is 5.08. The van der Waals surface area contributed by atoms with Crippen molar-refractivity contribution in [3.63, 3.8) is 0 Å². The van der Waals surface area contributed by atoms with Crippen molar-refractivity contribution >= 4 is 11.8 Å². The SMILES string of the molecule is COc1ccccc1C(=O)COC(=O)c1ccc(OCC2CCCO2)cc1. The quantitative estimate of drug-likeness (QED) is 0.525. The molecule has 0 N–H and O–H groups in total. The largest absolute Gasteiger partial charge is 0.496 e. The molecule has 1 aliphatic heterocycles. The van der Waals surface area contributed by atoms with E-state index < -0.39 is 5.97 Å². The zero-order chi connectivity index (χ0) is 19.1. The molecule has 2 aromatic rings. The number of carbonyl (C=O) groups is 2. The number of para-hydroxylation sites is 1. The summed E-state index contributed by atoms with van der Waals surface area (Å²) in [6.07, 6.45) is 2.20. The van der Waals surface area contributed by atoms with E-state index in [1.54, 1.807) is 48.5 Å². The fraction of sp³-hybridized carbons (Fsp3) is 0.333. The maximum atomic E-state index is 12.2. The Hall–Kier alpha value is -2.86. The van der Waals surface area contributed by atoms with Crippen molar-refractivity contribution in [2.75, 3.05) is 26.9 Å². The number of rotatable bonds is 8. The molecule has 1 aliphatic rings. The summed E-state index contributed by atoms with van der Waals surface area (Å²) >= 11 is 0. The molecule has 0 bridgehead atoms. The second-order valence-electron chi connectivity index (χ2n) is 6.17. The Morgan fingerprint density at radius 2 is 1.89 bits per heavy atom. The number of methoxy groups -OCH3 is 1. The van der Waals surface area contributed by atoms with Crippen molar-refractivity contribution in [2.45, 2.75) is 18.9 Å². The molecule has 0 amide bonds. The van der Waals surface area contributed by atoms with Crippen LogP contribution in [0.25, 0.3) is 0 Å². The van der Waals surface area contributed by atoms with Crippen LogP contribution in [0.5, 0.6) is 11.5 Å². The predicted molar refractivity (Wildman–Crippen MR) is 98.5 cm³/mol. The van der Waals surface area contributed by atoms with Gasteiger partial charge in [-0.25, -0.2) is 4.79 Å². The van der Waals surface area contributed by atoms with E-state index in [1.165, 1.54) is 7.11 Å². The molecule has 0 aliphatic carbocycles. The molecule has 0 aromatic heterocycles. The van der Waals surface area contributed by atoms with E-state index in [-0.39, 0.29) is 18.5 Å². The van der Waals surface area contributed by atoms with Crippen molar-refractivity contribution in [1.29, 1.82) is 0 Å². The van der Waals surface area contributed by atoms with Gasteiger partial charge in [0.2, 0.25) is 5.78 Å². The number of benzene rings is 2. The molecule has 1 heterocycles. The Balaban J connectivity index is 1.51. The zero-order valence-corrected chi connectivity index (χ0v) is 15.2. The number of ether oxygens (including phenoxy) is 4. The first-order valence-corrected chi connectivity index (χ1v) is 8.85. The van der Waals surface area contributed by atoms with Crippen LogP contribution in [0.4, 0.5) is 0 Å². The van der Waals surface area contributed by atoms with Crippen molar-refractivity contribution in [2.24, 2.45) is 0 Å². The van der Waals surface area contributed by atoms with Crippen molar-refractivity contribution in [1.82, 2.24) is 0 Å². The summed E-state index contributed by atoms with van der Waals surface area (Å²) in [5, 5.41) is 0. The Labute approximate surface area is 158 Å². The minimum absolute atomic E-state index is 0.135. The van der Waals surface area contributed by atoms with Crippen LogP contribution in [-0.2, 0) is 9.47 Å². The van der Waals surface area contributed by atoms with E-state index in [2.05, 4.69) is 0 Å². The Morgan fingerprint density at radius 1 is 1.11 bits per heavy atom. The van der Waals surface area contributed by atoms with Gasteiger partial charge < -0.3 is 18.9 Å². The molecule has 6 nitrogen and oxygen atoms in total. The number of carbonyl (C=O) groups excluding carboxylic acids is 2. The van der Waals surface area contributed by atoms with Gasteiger partial charge in [-0.15, -0.1) is 0 Å². The number of hydrogen-bond donors (Lipinski definition) is 0. The molecule has 2 aromatic carbocycles. The molecule has 1 atom stereocenters. The van der Waals surface area contributed by atoms with Crippen LogP contribution >= 0.6 is 0 Å². The smallest absolute Gasteiger partial charge is 0.338 e. The van der Waals surface area contributed by atoms with Gasteiger partial charge in [0, 0.05) is 6.61 Å². The highest BCUT2D eigenvalue weighted by molar-refractivity contribution is 6.01. The first-order valence-electron chi connectivity index (χ1n) is 8.85. The predicted octanol–water partition coefficient (Wildman–Crippen LogP) is 3.29. The van der Waals surface area contributed by atoms with Crippen LogP contribution < -0.4 is 9.47 Å². The fourth-order valence-corrected chi connectivity index (χ4v) is 2.82. The topological polar surface area (TPSA) is 71.1 Å². The van der Waals surface area contributed by atoms with Crippen LogP contribution in [-0.4, -0.2) is 44.8 Å². The molecule has 3 rings (SSSR count). The van der Waals surface area contributed by atoms with E-state index in [0.29, 0.717) is 29.2 Å². The van der Waals surface area contributed by atoms with Crippen LogP contribution in [0.1, 0.15) is 33.6 Å². The molecule has 0 saturated carbocycles. The third-order valence-corrected chi connectivity index (χ3v) is 4.29. The summed E-state index contributed by atoms with van der Waals surface area (Å²) in [7, 11) is 1.49. The molecular weight excluding hydrogens is 348 g/mol. The van der Waals surface area contributed by atoms with Gasteiger partial charge in [0.25, 0.3) is 0 Å². The van der Waals surface area contributed by atoms with Gasteiger partial charge in [0.15, 0.2) is 6.61 Å². The number of esters is 1. The van der Waals surface area contributed by atoms with Crippen LogP contribution in [0.3, 0.4) is 0 Å². The maximum absolute atomic E-state index is 12.2. The summed E-state index contributed by atoms with van der Waals surface area (Å²) < 4.78 is 21.4.